The summed E-state index contributed by atoms with van der Waals surface area (Å²) in [7, 11) is 3.19. The number of methoxy groups -OCH3 is 2. The second kappa shape index (κ2) is 15.7. The van der Waals surface area contributed by atoms with Gasteiger partial charge in [0.05, 0.1) is 50.3 Å². The summed E-state index contributed by atoms with van der Waals surface area (Å²) in [5.41, 5.74) is 0.0528. The Morgan fingerprint density at radius 3 is 1.97 bits per heavy atom. The van der Waals surface area contributed by atoms with E-state index in [-0.39, 0.29) is 51.1 Å². The maximum atomic E-state index is 14.4. The highest BCUT2D eigenvalue weighted by Crippen LogP contribution is 2.56. The normalized spacial score (nSPS) is 33.2. The van der Waals surface area contributed by atoms with E-state index in [9.17, 15) is 19.2 Å². The van der Waals surface area contributed by atoms with Gasteiger partial charge in [-0.05, 0) is 117 Å². The number of fused-ring (bicyclic) bond motifs is 6. The number of hydrogen-bond acceptors (Lipinski definition) is 16. The third-order valence-corrected chi connectivity index (χ3v) is 15.5. The molecule has 11 rings (SSSR count). The Morgan fingerprint density at radius 2 is 1.34 bits per heavy atom. The molecule has 8 atom stereocenters. The highest BCUT2D eigenvalue weighted by Gasteiger charge is 2.61. The molecule has 1 spiro atoms. The van der Waals surface area contributed by atoms with Gasteiger partial charge in [-0.2, -0.15) is 0 Å². The van der Waals surface area contributed by atoms with Crippen molar-refractivity contribution < 1.29 is 66.5 Å². The summed E-state index contributed by atoms with van der Waals surface area (Å²) in [6.45, 7) is 5.54. The van der Waals surface area contributed by atoms with E-state index in [0.717, 1.165) is 87.0 Å². The molecule has 4 fully saturated rings. The summed E-state index contributed by atoms with van der Waals surface area (Å²) in [5.74, 6) is 0.181. The zero-order chi connectivity index (χ0) is 44.7. The number of cyclic esters (lactones) is 2. The Morgan fingerprint density at radius 1 is 0.769 bits per heavy atom. The van der Waals surface area contributed by atoms with E-state index >= 15 is 0 Å². The fourth-order valence-electron chi connectivity index (χ4n) is 12.5. The van der Waals surface area contributed by atoms with Gasteiger partial charge in [0.1, 0.15) is 11.9 Å². The Balaban J connectivity index is 0.825. The second-order valence-electron chi connectivity index (χ2n) is 18.8. The largest absolute Gasteiger partial charge is 0.505 e. The first-order chi connectivity index (χ1) is 31.5. The van der Waals surface area contributed by atoms with Gasteiger partial charge >= 0.3 is 23.9 Å². The smallest absolute Gasteiger partial charge is 0.352 e. The zero-order valence-corrected chi connectivity index (χ0v) is 36.9. The van der Waals surface area contributed by atoms with Crippen molar-refractivity contribution in [3.05, 3.63) is 82.8 Å². The summed E-state index contributed by atoms with van der Waals surface area (Å²) in [6, 6.07) is 8.09. The molecule has 2 aromatic rings. The van der Waals surface area contributed by atoms with Crippen molar-refractivity contribution in [1.82, 2.24) is 9.80 Å². The first-order valence-electron chi connectivity index (χ1n) is 22.8. The molecule has 9 aliphatic rings. The van der Waals surface area contributed by atoms with Crippen LogP contribution in [0.2, 0.25) is 0 Å². The molecule has 0 saturated carbocycles. The van der Waals surface area contributed by atoms with Crippen molar-refractivity contribution in [2.45, 2.75) is 117 Å². The van der Waals surface area contributed by atoms with Crippen molar-refractivity contribution in [3.8, 4) is 23.0 Å². The van der Waals surface area contributed by atoms with Gasteiger partial charge in [-0.3, -0.25) is 19.4 Å². The molecule has 8 heterocycles. The van der Waals surface area contributed by atoms with Gasteiger partial charge in [0.25, 0.3) is 0 Å². The van der Waals surface area contributed by atoms with Crippen molar-refractivity contribution in [1.29, 1.82) is 0 Å². The Hall–Kier alpha value is -5.74. The molecule has 16 nitrogen and oxygen atoms in total. The van der Waals surface area contributed by atoms with Crippen LogP contribution in [-0.2, 0) is 60.4 Å². The van der Waals surface area contributed by atoms with E-state index in [1.165, 1.54) is 0 Å². The SMILES string of the molecule is CO/C=C/[C@]12CCCN1CCc1cc3c(cc1[C@@H]2[C@@H](C)OC(=O)[C@]1(C/C=C/C[C@@]2(C(=O)O[C@@H]4C(OC)=C[C@]56CCCN5CCc5cc7c(cc5[C@H]46)OCO7)CC(=O)O2)CC(=O)O1)OCO3. The maximum absolute atomic E-state index is 14.4. The molecule has 0 aromatic heterocycles. The lowest BCUT2D eigenvalue weighted by molar-refractivity contribution is -0.211. The fourth-order valence-corrected chi connectivity index (χ4v) is 12.5. The minimum atomic E-state index is -1.60. The van der Waals surface area contributed by atoms with Crippen molar-refractivity contribution in [3.63, 3.8) is 0 Å². The Labute approximate surface area is 376 Å². The quantitative estimate of drug-likeness (QED) is 0.120. The van der Waals surface area contributed by atoms with Gasteiger partial charge in [0.15, 0.2) is 29.1 Å². The molecular weight excluding hydrogens is 841 g/mol. The third kappa shape index (κ3) is 6.59. The number of esters is 4. The number of hydrogen-bond donors (Lipinski definition) is 0. The van der Waals surface area contributed by atoms with E-state index in [1.54, 1.807) is 32.6 Å². The number of benzene rings is 2. The van der Waals surface area contributed by atoms with Crippen LogP contribution < -0.4 is 18.9 Å². The zero-order valence-electron chi connectivity index (χ0n) is 36.9. The highest BCUT2D eigenvalue weighted by atomic mass is 16.7. The summed E-state index contributed by atoms with van der Waals surface area (Å²) < 4.78 is 58.7. The van der Waals surface area contributed by atoms with Gasteiger partial charge in [0, 0.05) is 31.8 Å². The van der Waals surface area contributed by atoms with Crippen LogP contribution in [0.15, 0.2) is 60.6 Å². The molecule has 4 saturated heterocycles. The van der Waals surface area contributed by atoms with Crippen LogP contribution in [0.4, 0.5) is 0 Å². The van der Waals surface area contributed by atoms with E-state index < -0.39 is 58.4 Å². The minimum Gasteiger partial charge on any atom is -0.505 e. The predicted molar refractivity (Wildman–Crippen MR) is 227 cm³/mol. The molecule has 65 heavy (non-hydrogen) atoms. The van der Waals surface area contributed by atoms with Gasteiger partial charge in [-0.1, -0.05) is 12.2 Å². The Bertz CT molecular complexity index is 2410. The lowest BCUT2D eigenvalue weighted by Gasteiger charge is -2.45. The van der Waals surface area contributed by atoms with E-state index in [4.69, 9.17) is 47.4 Å². The lowest BCUT2D eigenvalue weighted by Crippen LogP contribution is -2.57. The molecule has 16 heteroatoms. The summed E-state index contributed by atoms with van der Waals surface area (Å²) in [5, 5.41) is 0. The molecule has 2 aromatic carbocycles. The first kappa shape index (κ1) is 41.9. The second-order valence-corrected chi connectivity index (χ2v) is 18.8. The van der Waals surface area contributed by atoms with Crippen molar-refractivity contribution in [2.75, 3.05) is 54.0 Å². The molecule has 0 amide bonds. The summed E-state index contributed by atoms with van der Waals surface area (Å²) in [6.07, 6.45) is 12.5. The van der Waals surface area contributed by atoms with Crippen LogP contribution in [0.1, 0.15) is 92.4 Å². The molecule has 0 N–H and O–H groups in total. The van der Waals surface area contributed by atoms with E-state index in [2.05, 4.69) is 22.0 Å². The summed E-state index contributed by atoms with van der Waals surface area (Å²) >= 11 is 0. The average molecular weight is 895 g/mol. The number of carbonyl (C=O) groups is 4. The fraction of sp³-hybridized carbons (Fsp3) is 0.551. The van der Waals surface area contributed by atoms with Gasteiger partial charge in [-0.15, -0.1) is 0 Å². The lowest BCUT2D eigenvalue weighted by atomic mass is 9.73. The molecule has 1 aliphatic carbocycles. The molecule has 0 unspecified atom stereocenters. The van der Waals surface area contributed by atoms with Crippen LogP contribution in [-0.4, -0.2) is 122 Å². The molecule has 0 radical (unpaired) electrons. The van der Waals surface area contributed by atoms with Crippen LogP contribution in [0.5, 0.6) is 23.0 Å². The molecular formula is C49H54N2O14. The average Bonchev–Trinajstić information content (AvgIpc) is 4.11. The maximum Gasteiger partial charge on any atom is 0.352 e. The summed E-state index contributed by atoms with van der Waals surface area (Å²) in [4.78, 5) is 58.7. The number of rotatable bonds is 12. The van der Waals surface area contributed by atoms with Crippen LogP contribution in [0.25, 0.3) is 0 Å². The predicted octanol–water partition coefficient (Wildman–Crippen LogP) is 5.05. The van der Waals surface area contributed by atoms with Crippen LogP contribution in [0, 0.1) is 0 Å². The van der Waals surface area contributed by atoms with E-state index in [0.29, 0.717) is 28.8 Å². The molecule has 0 bridgehead atoms. The van der Waals surface area contributed by atoms with Gasteiger partial charge in [-0.25, -0.2) is 9.59 Å². The van der Waals surface area contributed by atoms with Crippen molar-refractivity contribution >= 4 is 23.9 Å². The third-order valence-electron chi connectivity index (χ3n) is 15.5. The Kier molecular flexibility index (Phi) is 10.1. The number of carbonyl (C=O) groups excluding carboxylic acids is 4. The topological polar surface area (TPSA) is 167 Å². The van der Waals surface area contributed by atoms with Crippen LogP contribution >= 0.6 is 0 Å². The minimum absolute atomic E-state index is 0.0172. The van der Waals surface area contributed by atoms with E-state index in [1.807, 2.05) is 31.2 Å². The molecule has 8 aliphatic heterocycles. The van der Waals surface area contributed by atoms with Crippen LogP contribution in [0.3, 0.4) is 0 Å². The number of nitrogens with zero attached hydrogens (tertiary/aromatic N) is 2. The monoisotopic (exact) mass is 894 g/mol. The highest BCUT2D eigenvalue weighted by molar-refractivity contribution is 5.95. The van der Waals surface area contributed by atoms with Crippen molar-refractivity contribution in [2.24, 2.45) is 0 Å². The van der Waals surface area contributed by atoms with Gasteiger partial charge in [0.2, 0.25) is 24.8 Å². The molecule has 344 valence electrons. The standard InChI is InChI=1S/C49H54N2O14/c1-29(41-32-22-36-34(58-27-60-36)20-30(32)8-17-50-15-6-10-46(41,50)14-19-56-2)62-44(54)48(25-39(52)64-48)12-4-5-13-49(26-40(53)65-49)45(55)63-43-38(57-3)24-47-11-7-16-51(47)18-9-31-21-35-37(61-28-59-35)23-33(31)42(43)47/h4-5,14,19-24,29,41-43H,6-13,15-18,25-28H2,1-3H3/b5-4+,19-14+/t29-,41+,42-,43-,46+,47+,48+,49+/m1/s1. The van der Waals surface area contributed by atoms with Gasteiger partial charge < -0.3 is 47.4 Å². The first-order valence-corrected chi connectivity index (χ1v) is 22.8. The number of ether oxygens (including phenoxy) is 10.